The molecule has 2 aliphatic carbocycles. The third kappa shape index (κ3) is 1.40. The Bertz CT molecular complexity index is 208. The van der Waals surface area contributed by atoms with Crippen LogP contribution in [0.4, 0.5) is 0 Å². The number of allylic oxidation sites excluding steroid dienone is 4. The van der Waals surface area contributed by atoms with Crippen LogP contribution in [0, 0.1) is 5.92 Å². The zero-order valence-electron chi connectivity index (χ0n) is 7.27. The summed E-state index contributed by atoms with van der Waals surface area (Å²) >= 11 is 0. The summed E-state index contributed by atoms with van der Waals surface area (Å²) in [6, 6.07) is 0. The van der Waals surface area contributed by atoms with Gasteiger partial charge in [-0.05, 0) is 44.9 Å². The quantitative estimate of drug-likeness (QED) is 0.461. The third-order valence-corrected chi connectivity index (χ3v) is 3.01. The predicted molar refractivity (Wildman–Crippen MR) is 48.4 cm³/mol. The van der Waals surface area contributed by atoms with Crippen molar-refractivity contribution in [3.63, 3.8) is 0 Å². The van der Waals surface area contributed by atoms with E-state index in [0.717, 1.165) is 5.92 Å². The molecule has 0 aliphatic heterocycles. The highest BCUT2D eigenvalue weighted by molar-refractivity contribution is 5.22. The maximum atomic E-state index is 2.35. The summed E-state index contributed by atoms with van der Waals surface area (Å²) in [5, 5.41) is 0. The van der Waals surface area contributed by atoms with Gasteiger partial charge in [0, 0.05) is 0 Å². The Hall–Kier alpha value is -0.520. The molecule has 0 nitrogen and oxygen atoms in total. The minimum Gasteiger partial charge on any atom is -0.0882 e. The van der Waals surface area contributed by atoms with E-state index in [1.165, 1.54) is 32.1 Å². The summed E-state index contributed by atoms with van der Waals surface area (Å²) < 4.78 is 0. The van der Waals surface area contributed by atoms with Crippen LogP contribution >= 0.6 is 0 Å². The molecule has 0 heteroatoms. The first kappa shape index (κ1) is 7.15. The van der Waals surface area contributed by atoms with E-state index in [2.05, 4.69) is 19.1 Å². The third-order valence-electron chi connectivity index (χ3n) is 3.01. The largest absolute Gasteiger partial charge is 0.0882 e. The summed E-state index contributed by atoms with van der Waals surface area (Å²) in [6.07, 6.45) is 11.4. The van der Waals surface area contributed by atoms with Crippen LogP contribution in [0.25, 0.3) is 0 Å². The fraction of sp³-hybridized carbons (Fsp3) is 0.636. The molecular formula is C11H16. The van der Waals surface area contributed by atoms with Gasteiger partial charge in [0.2, 0.25) is 0 Å². The van der Waals surface area contributed by atoms with Crippen molar-refractivity contribution in [3.8, 4) is 0 Å². The van der Waals surface area contributed by atoms with E-state index in [9.17, 15) is 0 Å². The van der Waals surface area contributed by atoms with Crippen LogP contribution in [0.15, 0.2) is 23.3 Å². The molecule has 1 atom stereocenters. The van der Waals surface area contributed by atoms with Gasteiger partial charge in [-0.15, -0.1) is 0 Å². The minimum atomic E-state index is 0.995. The van der Waals surface area contributed by atoms with Crippen molar-refractivity contribution >= 4 is 0 Å². The summed E-state index contributed by atoms with van der Waals surface area (Å²) in [7, 11) is 0. The highest BCUT2D eigenvalue weighted by Gasteiger charge is 2.20. The molecule has 11 heavy (non-hydrogen) atoms. The maximum Gasteiger partial charge on any atom is -0.0136 e. The van der Waals surface area contributed by atoms with Crippen LogP contribution in [0.1, 0.15) is 39.0 Å². The molecule has 0 aromatic rings. The molecule has 1 unspecified atom stereocenters. The van der Waals surface area contributed by atoms with Crippen LogP contribution in [0.3, 0.4) is 0 Å². The van der Waals surface area contributed by atoms with Crippen molar-refractivity contribution in [1.29, 1.82) is 0 Å². The molecule has 60 valence electrons. The molecule has 0 aromatic heterocycles. The van der Waals surface area contributed by atoms with Gasteiger partial charge in [-0.2, -0.15) is 0 Å². The second-order valence-corrected chi connectivity index (χ2v) is 3.91. The fourth-order valence-electron chi connectivity index (χ4n) is 2.31. The van der Waals surface area contributed by atoms with Crippen molar-refractivity contribution in [2.75, 3.05) is 0 Å². The molecule has 2 aliphatic rings. The van der Waals surface area contributed by atoms with Crippen molar-refractivity contribution in [3.05, 3.63) is 23.3 Å². The summed E-state index contributed by atoms with van der Waals surface area (Å²) in [4.78, 5) is 0. The molecule has 0 aromatic carbocycles. The standard InChI is InChI=1S/C11H16/c1-9-7-10-5-3-2-4-6-11(9)8-10/h2,4,10H,3,5-8H2,1H3/b4-2-. The van der Waals surface area contributed by atoms with Gasteiger partial charge in [0.25, 0.3) is 0 Å². The Labute approximate surface area is 69.0 Å². The smallest absolute Gasteiger partial charge is 0.0136 e. The average molecular weight is 148 g/mol. The lowest BCUT2D eigenvalue weighted by molar-refractivity contribution is 0.510. The van der Waals surface area contributed by atoms with Gasteiger partial charge < -0.3 is 0 Å². The highest BCUT2D eigenvalue weighted by Crippen LogP contribution is 2.37. The van der Waals surface area contributed by atoms with Crippen LogP contribution in [-0.4, -0.2) is 0 Å². The Morgan fingerprint density at radius 1 is 1.27 bits per heavy atom. The number of hydrogen-bond acceptors (Lipinski definition) is 0. The minimum absolute atomic E-state index is 0.995. The lowest BCUT2D eigenvalue weighted by atomic mass is 9.96. The highest BCUT2D eigenvalue weighted by atomic mass is 14.3. The molecule has 2 bridgehead atoms. The van der Waals surface area contributed by atoms with Gasteiger partial charge >= 0.3 is 0 Å². The fourth-order valence-corrected chi connectivity index (χ4v) is 2.31. The SMILES string of the molecule is CC1=C2C/C=C\CCC(C1)C2. The summed E-state index contributed by atoms with van der Waals surface area (Å²) in [5.74, 6) is 0.995. The van der Waals surface area contributed by atoms with Gasteiger partial charge in [-0.1, -0.05) is 23.3 Å². The monoisotopic (exact) mass is 148 g/mol. The van der Waals surface area contributed by atoms with Crippen LogP contribution in [0.2, 0.25) is 0 Å². The molecule has 0 heterocycles. The molecule has 2 rings (SSSR count). The molecule has 0 N–H and O–H groups in total. The Morgan fingerprint density at radius 3 is 3.09 bits per heavy atom. The van der Waals surface area contributed by atoms with E-state index in [0.29, 0.717) is 0 Å². The van der Waals surface area contributed by atoms with Gasteiger partial charge in [0.15, 0.2) is 0 Å². The zero-order valence-corrected chi connectivity index (χ0v) is 7.27. The topological polar surface area (TPSA) is 0 Å². The second-order valence-electron chi connectivity index (χ2n) is 3.91. The van der Waals surface area contributed by atoms with Crippen LogP contribution < -0.4 is 0 Å². The number of rotatable bonds is 0. The van der Waals surface area contributed by atoms with Crippen LogP contribution in [0.5, 0.6) is 0 Å². The van der Waals surface area contributed by atoms with Crippen molar-refractivity contribution in [2.24, 2.45) is 5.92 Å². The zero-order chi connectivity index (χ0) is 7.68. The van der Waals surface area contributed by atoms with E-state index in [4.69, 9.17) is 0 Å². The molecule has 0 saturated carbocycles. The van der Waals surface area contributed by atoms with E-state index in [1.807, 2.05) is 0 Å². The number of hydrogen-bond donors (Lipinski definition) is 0. The lowest BCUT2D eigenvalue weighted by Crippen LogP contribution is -1.95. The molecule has 0 fully saturated rings. The first-order valence-corrected chi connectivity index (χ1v) is 4.69. The van der Waals surface area contributed by atoms with Crippen molar-refractivity contribution in [1.82, 2.24) is 0 Å². The van der Waals surface area contributed by atoms with Crippen molar-refractivity contribution < 1.29 is 0 Å². The Morgan fingerprint density at radius 2 is 2.18 bits per heavy atom. The molecule has 0 spiro atoms. The molecule has 0 amide bonds. The molecule has 0 saturated heterocycles. The van der Waals surface area contributed by atoms with Crippen molar-refractivity contribution in [2.45, 2.75) is 39.0 Å². The second kappa shape index (κ2) is 2.84. The van der Waals surface area contributed by atoms with Gasteiger partial charge in [-0.25, -0.2) is 0 Å². The van der Waals surface area contributed by atoms with Gasteiger partial charge in [0.05, 0.1) is 0 Å². The van der Waals surface area contributed by atoms with Gasteiger partial charge in [-0.3, -0.25) is 0 Å². The first-order chi connectivity index (χ1) is 5.36. The summed E-state index contributed by atoms with van der Waals surface area (Å²) in [5.41, 5.74) is 3.41. The van der Waals surface area contributed by atoms with E-state index in [-0.39, 0.29) is 0 Å². The average Bonchev–Trinajstić information content (AvgIpc) is 2.27. The normalized spacial score (nSPS) is 33.4. The lowest BCUT2D eigenvalue weighted by Gasteiger charge is -2.09. The van der Waals surface area contributed by atoms with E-state index >= 15 is 0 Å². The number of fused-ring (bicyclic) bond motifs is 2. The Balaban J connectivity index is 2.17. The Kier molecular flexibility index (Phi) is 1.85. The summed E-state index contributed by atoms with van der Waals surface area (Å²) in [6.45, 7) is 2.31. The van der Waals surface area contributed by atoms with Crippen LogP contribution in [-0.2, 0) is 0 Å². The molecular weight excluding hydrogens is 132 g/mol. The first-order valence-electron chi connectivity index (χ1n) is 4.69. The van der Waals surface area contributed by atoms with E-state index in [1.54, 1.807) is 11.1 Å². The van der Waals surface area contributed by atoms with Gasteiger partial charge in [0.1, 0.15) is 0 Å². The maximum absolute atomic E-state index is 2.35. The van der Waals surface area contributed by atoms with E-state index < -0.39 is 0 Å². The molecule has 0 radical (unpaired) electrons. The predicted octanol–water partition coefficient (Wildman–Crippen LogP) is 3.45.